The highest BCUT2D eigenvalue weighted by Gasteiger charge is 2.10. The van der Waals surface area contributed by atoms with Crippen LogP contribution in [0.1, 0.15) is 32.8 Å². The van der Waals surface area contributed by atoms with E-state index in [9.17, 15) is 5.11 Å². The summed E-state index contributed by atoms with van der Waals surface area (Å²) in [6, 6.07) is 6.05. The van der Waals surface area contributed by atoms with Gasteiger partial charge in [0.1, 0.15) is 0 Å². The number of aliphatic hydroxyl groups is 1. The van der Waals surface area contributed by atoms with Gasteiger partial charge in [-0.3, -0.25) is 0 Å². The number of rotatable bonds is 8. The van der Waals surface area contributed by atoms with E-state index in [2.05, 4.69) is 48.1 Å². The number of benzene rings is 1. The van der Waals surface area contributed by atoms with E-state index in [1.165, 1.54) is 0 Å². The molecule has 0 heterocycles. The maximum absolute atomic E-state index is 9.94. The van der Waals surface area contributed by atoms with Crippen molar-refractivity contribution < 1.29 is 9.84 Å². The predicted octanol–water partition coefficient (Wildman–Crippen LogP) is 3.98. The third-order valence-electron chi connectivity index (χ3n) is 3.09. The minimum atomic E-state index is -0.493. The molecule has 4 heteroatoms. The summed E-state index contributed by atoms with van der Waals surface area (Å²) < 4.78 is 6.72. The first-order valence-corrected chi connectivity index (χ1v) is 7.97. The SMILES string of the molecule is Cc1cc(Br)ccc1NCC(O)COC(C)CC(C)C. The van der Waals surface area contributed by atoms with E-state index in [0.29, 0.717) is 19.1 Å². The minimum absolute atomic E-state index is 0.194. The first-order valence-electron chi connectivity index (χ1n) is 7.18. The lowest BCUT2D eigenvalue weighted by Crippen LogP contribution is -2.27. The molecule has 3 nitrogen and oxygen atoms in total. The Kier molecular flexibility index (Phi) is 7.56. The molecular weight excluding hydrogens is 318 g/mol. The Morgan fingerprint density at radius 1 is 1.30 bits per heavy atom. The Hall–Kier alpha value is -0.580. The smallest absolute Gasteiger partial charge is 0.0945 e. The molecule has 2 N–H and O–H groups in total. The summed E-state index contributed by atoms with van der Waals surface area (Å²) in [6.45, 7) is 9.31. The van der Waals surface area contributed by atoms with Crippen LogP contribution in [-0.4, -0.2) is 30.5 Å². The Morgan fingerprint density at radius 2 is 2.00 bits per heavy atom. The van der Waals surface area contributed by atoms with Crippen LogP contribution >= 0.6 is 15.9 Å². The number of nitrogens with one attached hydrogen (secondary N) is 1. The van der Waals surface area contributed by atoms with Gasteiger partial charge in [-0.15, -0.1) is 0 Å². The van der Waals surface area contributed by atoms with Crippen molar-refractivity contribution in [1.29, 1.82) is 0 Å². The summed E-state index contributed by atoms with van der Waals surface area (Å²) in [5, 5.41) is 13.2. The van der Waals surface area contributed by atoms with Crippen molar-refractivity contribution in [1.82, 2.24) is 0 Å². The molecule has 114 valence electrons. The van der Waals surface area contributed by atoms with Crippen molar-refractivity contribution in [2.75, 3.05) is 18.5 Å². The van der Waals surface area contributed by atoms with E-state index in [1.54, 1.807) is 0 Å². The molecule has 0 amide bonds. The number of aryl methyl sites for hydroxylation is 1. The molecule has 20 heavy (non-hydrogen) atoms. The zero-order valence-corrected chi connectivity index (χ0v) is 14.4. The molecule has 0 radical (unpaired) electrons. The van der Waals surface area contributed by atoms with Crippen molar-refractivity contribution in [3.8, 4) is 0 Å². The lowest BCUT2D eigenvalue weighted by atomic mass is 10.1. The molecule has 1 aromatic carbocycles. The fraction of sp³-hybridized carbons (Fsp3) is 0.625. The summed E-state index contributed by atoms with van der Waals surface area (Å²) >= 11 is 3.44. The number of ether oxygens (including phenoxy) is 1. The van der Waals surface area contributed by atoms with Gasteiger partial charge in [-0.25, -0.2) is 0 Å². The molecule has 0 fully saturated rings. The first-order chi connectivity index (χ1) is 9.38. The third kappa shape index (κ3) is 6.73. The van der Waals surface area contributed by atoms with Gasteiger partial charge in [-0.2, -0.15) is 0 Å². The predicted molar refractivity (Wildman–Crippen MR) is 88.2 cm³/mol. The summed E-state index contributed by atoms with van der Waals surface area (Å²) in [6.07, 6.45) is 0.720. The van der Waals surface area contributed by atoms with Crippen molar-refractivity contribution in [3.05, 3.63) is 28.2 Å². The fourth-order valence-electron chi connectivity index (χ4n) is 2.12. The van der Waals surface area contributed by atoms with Crippen molar-refractivity contribution in [2.24, 2.45) is 5.92 Å². The van der Waals surface area contributed by atoms with Crippen LogP contribution < -0.4 is 5.32 Å². The van der Waals surface area contributed by atoms with Gasteiger partial charge in [0.15, 0.2) is 0 Å². The molecule has 0 aromatic heterocycles. The largest absolute Gasteiger partial charge is 0.389 e. The van der Waals surface area contributed by atoms with Crippen LogP contribution in [0.15, 0.2) is 22.7 Å². The van der Waals surface area contributed by atoms with Crippen LogP contribution in [-0.2, 0) is 4.74 Å². The van der Waals surface area contributed by atoms with Crippen LogP contribution in [0.3, 0.4) is 0 Å². The molecule has 0 aliphatic heterocycles. The molecule has 0 saturated heterocycles. The molecule has 2 atom stereocenters. The Balaban J connectivity index is 2.30. The van der Waals surface area contributed by atoms with Crippen molar-refractivity contribution in [3.63, 3.8) is 0 Å². The van der Waals surface area contributed by atoms with Crippen LogP contribution in [0.5, 0.6) is 0 Å². The van der Waals surface area contributed by atoms with Gasteiger partial charge >= 0.3 is 0 Å². The zero-order valence-electron chi connectivity index (χ0n) is 12.8. The Bertz CT molecular complexity index is 409. The summed E-state index contributed by atoms with van der Waals surface area (Å²) in [4.78, 5) is 0. The highest BCUT2D eigenvalue weighted by Crippen LogP contribution is 2.19. The maximum atomic E-state index is 9.94. The van der Waals surface area contributed by atoms with Gasteiger partial charge in [-0.05, 0) is 49.9 Å². The van der Waals surface area contributed by atoms with Crippen LogP contribution in [0, 0.1) is 12.8 Å². The topological polar surface area (TPSA) is 41.5 Å². The van der Waals surface area contributed by atoms with Crippen LogP contribution in [0.25, 0.3) is 0 Å². The van der Waals surface area contributed by atoms with Gasteiger partial charge in [0.2, 0.25) is 0 Å². The van der Waals surface area contributed by atoms with Crippen LogP contribution in [0.4, 0.5) is 5.69 Å². The lowest BCUT2D eigenvalue weighted by Gasteiger charge is -2.19. The molecule has 2 unspecified atom stereocenters. The second kappa shape index (κ2) is 8.65. The molecule has 0 bridgehead atoms. The van der Waals surface area contributed by atoms with E-state index in [0.717, 1.165) is 22.1 Å². The molecule has 0 aliphatic carbocycles. The van der Waals surface area contributed by atoms with Gasteiger partial charge in [-0.1, -0.05) is 29.8 Å². The molecule has 1 aromatic rings. The van der Waals surface area contributed by atoms with E-state index >= 15 is 0 Å². The molecular formula is C16H26BrNO2. The van der Waals surface area contributed by atoms with Crippen molar-refractivity contribution >= 4 is 21.6 Å². The minimum Gasteiger partial charge on any atom is -0.389 e. The molecule has 0 spiro atoms. The Morgan fingerprint density at radius 3 is 2.60 bits per heavy atom. The second-order valence-corrected chi connectivity index (χ2v) is 6.68. The maximum Gasteiger partial charge on any atom is 0.0945 e. The van der Waals surface area contributed by atoms with Gasteiger partial charge in [0.25, 0.3) is 0 Å². The monoisotopic (exact) mass is 343 g/mol. The zero-order chi connectivity index (χ0) is 15.1. The average molecular weight is 344 g/mol. The van der Waals surface area contributed by atoms with Gasteiger partial charge in [0.05, 0.1) is 18.8 Å². The van der Waals surface area contributed by atoms with E-state index in [4.69, 9.17) is 4.74 Å². The summed E-state index contributed by atoms with van der Waals surface area (Å²) in [7, 11) is 0. The molecule has 0 aliphatic rings. The van der Waals surface area contributed by atoms with E-state index < -0.39 is 6.10 Å². The number of hydrogen-bond acceptors (Lipinski definition) is 3. The van der Waals surface area contributed by atoms with Crippen molar-refractivity contribution in [2.45, 2.75) is 46.3 Å². The van der Waals surface area contributed by atoms with E-state index in [-0.39, 0.29) is 6.10 Å². The van der Waals surface area contributed by atoms with Crippen LogP contribution in [0.2, 0.25) is 0 Å². The number of halogens is 1. The highest BCUT2D eigenvalue weighted by molar-refractivity contribution is 9.10. The number of hydrogen-bond donors (Lipinski definition) is 2. The normalized spacial score (nSPS) is 14.3. The first kappa shape index (κ1) is 17.5. The average Bonchev–Trinajstić information content (AvgIpc) is 2.34. The highest BCUT2D eigenvalue weighted by atomic mass is 79.9. The van der Waals surface area contributed by atoms with Gasteiger partial charge in [0, 0.05) is 16.7 Å². The molecule has 0 saturated carbocycles. The summed E-state index contributed by atoms with van der Waals surface area (Å²) in [5.74, 6) is 0.616. The van der Waals surface area contributed by atoms with Gasteiger partial charge < -0.3 is 15.2 Å². The Labute approximate surface area is 130 Å². The summed E-state index contributed by atoms with van der Waals surface area (Å²) in [5.41, 5.74) is 2.20. The lowest BCUT2D eigenvalue weighted by molar-refractivity contribution is -0.00444. The number of anilines is 1. The number of aliphatic hydroxyl groups excluding tert-OH is 1. The quantitative estimate of drug-likeness (QED) is 0.749. The third-order valence-corrected chi connectivity index (χ3v) is 3.59. The standard InChI is InChI=1S/C16H26BrNO2/c1-11(2)7-13(4)20-10-15(19)9-18-16-6-5-14(17)8-12(16)3/h5-6,8,11,13,15,18-19H,7,9-10H2,1-4H3. The second-order valence-electron chi connectivity index (χ2n) is 5.77. The molecule has 1 rings (SSSR count). The van der Waals surface area contributed by atoms with E-state index in [1.807, 2.05) is 19.1 Å². The fourth-order valence-corrected chi connectivity index (χ4v) is 2.59.